The second-order valence-corrected chi connectivity index (χ2v) is 10.2. The number of amides is 2. The van der Waals surface area contributed by atoms with Gasteiger partial charge < -0.3 is 14.5 Å². The molecule has 1 aliphatic rings. The van der Waals surface area contributed by atoms with E-state index in [-0.39, 0.29) is 11.6 Å². The minimum atomic E-state index is -4.13. The predicted molar refractivity (Wildman–Crippen MR) is 117 cm³/mol. The molecule has 8 nitrogen and oxygen atoms in total. The summed E-state index contributed by atoms with van der Waals surface area (Å²) in [6.07, 6.45) is -0.424. The van der Waals surface area contributed by atoms with Crippen LogP contribution in [0.3, 0.4) is 0 Å². The van der Waals surface area contributed by atoms with E-state index in [9.17, 15) is 26.8 Å². The van der Waals surface area contributed by atoms with Gasteiger partial charge in [0.2, 0.25) is 0 Å². The molecular formula is C22H25F2N3O5S. The lowest BCUT2D eigenvalue weighted by Gasteiger charge is -2.35. The summed E-state index contributed by atoms with van der Waals surface area (Å²) in [4.78, 5) is 27.6. The SMILES string of the molecule is CC(C)(C)OC(=O)N1CCN(C(=O)c2ccc(NS(=O)(=O)c3ccc(F)c(F)c3)cc2)CC1. The van der Waals surface area contributed by atoms with Crippen molar-refractivity contribution >= 4 is 27.7 Å². The molecular weight excluding hydrogens is 456 g/mol. The highest BCUT2D eigenvalue weighted by atomic mass is 32.2. The Kier molecular flexibility index (Phi) is 6.92. The van der Waals surface area contributed by atoms with Gasteiger partial charge in [-0.15, -0.1) is 0 Å². The van der Waals surface area contributed by atoms with Crippen molar-refractivity contribution in [2.24, 2.45) is 0 Å². The van der Waals surface area contributed by atoms with Crippen LogP contribution in [0.5, 0.6) is 0 Å². The molecule has 0 aromatic heterocycles. The first-order valence-electron chi connectivity index (χ1n) is 10.2. The molecule has 1 saturated heterocycles. The van der Waals surface area contributed by atoms with E-state index in [0.29, 0.717) is 37.8 Å². The summed E-state index contributed by atoms with van der Waals surface area (Å²) in [5.74, 6) is -2.68. The molecule has 1 fully saturated rings. The van der Waals surface area contributed by atoms with Crippen molar-refractivity contribution in [3.63, 3.8) is 0 Å². The Morgan fingerprint density at radius 3 is 2.03 bits per heavy atom. The zero-order chi connectivity index (χ0) is 24.4. The number of nitrogens with one attached hydrogen (secondary N) is 1. The first-order valence-corrected chi connectivity index (χ1v) is 11.7. The number of piperazine rings is 1. The summed E-state index contributed by atoms with van der Waals surface area (Å²) in [6, 6.07) is 8.01. The summed E-state index contributed by atoms with van der Waals surface area (Å²) in [7, 11) is -4.13. The second-order valence-electron chi connectivity index (χ2n) is 8.52. The number of hydrogen-bond acceptors (Lipinski definition) is 5. The van der Waals surface area contributed by atoms with Gasteiger partial charge in [0.15, 0.2) is 11.6 Å². The van der Waals surface area contributed by atoms with Crippen molar-refractivity contribution in [2.75, 3.05) is 30.9 Å². The van der Waals surface area contributed by atoms with Crippen LogP contribution in [0.15, 0.2) is 47.4 Å². The molecule has 0 unspecified atom stereocenters. The maximum Gasteiger partial charge on any atom is 0.410 e. The zero-order valence-electron chi connectivity index (χ0n) is 18.5. The Balaban J connectivity index is 1.60. The van der Waals surface area contributed by atoms with Crippen molar-refractivity contribution in [1.82, 2.24) is 9.80 Å². The maximum atomic E-state index is 13.4. The predicted octanol–water partition coefficient (Wildman–Crippen LogP) is 3.46. The van der Waals surface area contributed by atoms with Gasteiger partial charge in [-0.05, 0) is 63.2 Å². The highest BCUT2D eigenvalue weighted by Crippen LogP contribution is 2.20. The van der Waals surface area contributed by atoms with Gasteiger partial charge in [-0.3, -0.25) is 9.52 Å². The van der Waals surface area contributed by atoms with Crippen molar-refractivity contribution in [3.8, 4) is 0 Å². The molecule has 0 spiro atoms. The molecule has 33 heavy (non-hydrogen) atoms. The van der Waals surface area contributed by atoms with Gasteiger partial charge in [0, 0.05) is 37.4 Å². The number of benzene rings is 2. The fourth-order valence-electron chi connectivity index (χ4n) is 3.14. The number of anilines is 1. The third-order valence-corrected chi connectivity index (χ3v) is 6.18. The van der Waals surface area contributed by atoms with Crippen molar-refractivity contribution in [3.05, 3.63) is 59.7 Å². The number of hydrogen-bond donors (Lipinski definition) is 1. The van der Waals surface area contributed by atoms with Gasteiger partial charge in [0.1, 0.15) is 5.60 Å². The Bertz CT molecular complexity index is 1140. The molecule has 2 aromatic rings. The number of carbonyl (C=O) groups excluding carboxylic acids is 2. The number of rotatable bonds is 4. The van der Waals surface area contributed by atoms with Crippen molar-refractivity contribution in [2.45, 2.75) is 31.3 Å². The van der Waals surface area contributed by atoms with Crippen LogP contribution in [0.4, 0.5) is 19.3 Å². The summed E-state index contributed by atoms with van der Waals surface area (Å²) in [5.41, 5.74) is -0.0967. The standard InChI is InChI=1S/C22H25F2N3O5S/c1-22(2,3)32-21(29)27-12-10-26(11-13-27)20(28)15-4-6-16(7-5-15)25-33(30,31)17-8-9-18(23)19(24)14-17/h4-9,14,25H,10-13H2,1-3H3. The molecule has 0 saturated carbocycles. The van der Waals surface area contributed by atoms with Gasteiger partial charge in [0.25, 0.3) is 15.9 Å². The molecule has 2 aromatic carbocycles. The quantitative estimate of drug-likeness (QED) is 0.722. The molecule has 1 heterocycles. The number of sulfonamides is 1. The van der Waals surface area contributed by atoms with Crippen molar-refractivity contribution in [1.29, 1.82) is 0 Å². The molecule has 2 amide bonds. The van der Waals surface area contributed by atoms with Crippen LogP contribution in [0.1, 0.15) is 31.1 Å². The van der Waals surface area contributed by atoms with Gasteiger partial charge in [0.05, 0.1) is 4.90 Å². The molecule has 1 aliphatic heterocycles. The van der Waals surface area contributed by atoms with E-state index < -0.39 is 38.2 Å². The number of carbonyl (C=O) groups is 2. The van der Waals surface area contributed by atoms with E-state index >= 15 is 0 Å². The van der Waals surface area contributed by atoms with Crippen LogP contribution in [0.2, 0.25) is 0 Å². The smallest absolute Gasteiger partial charge is 0.410 e. The van der Waals surface area contributed by atoms with Crippen LogP contribution >= 0.6 is 0 Å². The third-order valence-electron chi connectivity index (χ3n) is 4.80. The molecule has 1 N–H and O–H groups in total. The van der Waals surface area contributed by atoms with E-state index in [4.69, 9.17) is 4.74 Å². The van der Waals surface area contributed by atoms with E-state index in [1.165, 1.54) is 24.3 Å². The highest BCUT2D eigenvalue weighted by Gasteiger charge is 2.28. The maximum absolute atomic E-state index is 13.4. The Morgan fingerprint density at radius 2 is 1.48 bits per heavy atom. The van der Waals surface area contributed by atoms with E-state index in [1.807, 2.05) is 0 Å². The monoisotopic (exact) mass is 481 g/mol. The summed E-state index contributed by atoms with van der Waals surface area (Å²) < 4.78 is 58.8. The largest absolute Gasteiger partial charge is 0.444 e. The highest BCUT2D eigenvalue weighted by molar-refractivity contribution is 7.92. The van der Waals surface area contributed by atoms with E-state index in [1.54, 1.807) is 30.6 Å². The van der Waals surface area contributed by atoms with Crippen LogP contribution in [-0.2, 0) is 14.8 Å². The minimum absolute atomic E-state index is 0.158. The van der Waals surface area contributed by atoms with Crippen LogP contribution in [0.25, 0.3) is 0 Å². The Hall–Kier alpha value is -3.21. The zero-order valence-corrected chi connectivity index (χ0v) is 19.3. The Labute approximate surface area is 191 Å². The summed E-state index contributed by atoms with van der Waals surface area (Å²) >= 11 is 0. The van der Waals surface area contributed by atoms with Gasteiger partial charge >= 0.3 is 6.09 Å². The number of halogens is 2. The summed E-state index contributed by atoms with van der Waals surface area (Å²) in [6.45, 7) is 6.70. The molecule has 178 valence electrons. The second kappa shape index (κ2) is 9.34. The fourth-order valence-corrected chi connectivity index (χ4v) is 4.21. The molecule has 0 atom stereocenters. The van der Waals surface area contributed by atoms with Crippen LogP contribution in [-0.4, -0.2) is 62.0 Å². The first kappa shape index (κ1) is 24.4. The average Bonchev–Trinajstić information content (AvgIpc) is 2.74. The fraction of sp³-hybridized carbons (Fsp3) is 0.364. The number of ether oxygens (including phenoxy) is 1. The Morgan fingerprint density at radius 1 is 0.909 bits per heavy atom. The molecule has 3 rings (SSSR count). The molecule has 0 aliphatic carbocycles. The third kappa shape index (κ3) is 6.19. The molecule has 0 bridgehead atoms. The lowest BCUT2D eigenvalue weighted by atomic mass is 10.1. The van der Waals surface area contributed by atoms with Gasteiger partial charge in [-0.2, -0.15) is 0 Å². The minimum Gasteiger partial charge on any atom is -0.444 e. The van der Waals surface area contributed by atoms with Gasteiger partial charge in [-0.1, -0.05) is 0 Å². The van der Waals surface area contributed by atoms with Crippen LogP contribution in [0, 0.1) is 11.6 Å². The average molecular weight is 482 g/mol. The van der Waals surface area contributed by atoms with Crippen LogP contribution < -0.4 is 4.72 Å². The number of nitrogens with zero attached hydrogens (tertiary/aromatic N) is 2. The molecule has 11 heteroatoms. The molecule has 0 radical (unpaired) electrons. The topological polar surface area (TPSA) is 96.0 Å². The lowest BCUT2D eigenvalue weighted by molar-refractivity contribution is 0.0141. The lowest BCUT2D eigenvalue weighted by Crippen LogP contribution is -2.51. The van der Waals surface area contributed by atoms with Gasteiger partial charge in [-0.25, -0.2) is 22.0 Å². The van der Waals surface area contributed by atoms with E-state index in [2.05, 4.69) is 4.72 Å². The van der Waals surface area contributed by atoms with Crippen molar-refractivity contribution < 1.29 is 31.5 Å². The normalized spacial score (nSPS) is 14.7. The first-order chi connectivity index (χ1) is 15.4. The van der Waals surface area contributed by atoms with E-state index in [0.717, 1.165) is 12.1 Å². The summed E-state index contributed by atoms with van der Waals surface area (Å²) in [5, 5.41) is 0.